The molecule has 4 aromatic heterocycles. The number of H-pyrrole nitrogens is 1. The number of carbonyl (C=O) groups excluding carboxylic acids is 2. The number of methoxy groups -OCH3 is 1. The molecular weight excluding hydrogens is 396 g/mol. The van der Waals surface area contributed by atoms with Crippen molar-refractivity contribution in [3.63, 3.8) is 0 Å². The molecule has 1 aliphatic rings. The molecule has 0 aromatic carbocycles. The van der Waals surface area contributed by atoms with Gasteiger partial charge < -0.3 is 15.0 Å². The first-order chi connectivity index (χ1) is 15.0. The van der Waals surface area contributed by atoms with Crippen LogP contribution in [0, 0.1) is 12.8 Å². The fourth-order valence-corrected chi connectivity index (χ4v) is 3.45. The molecular formula is C22H20N6O3. The number of rotatable bonds is 5. The van der Waals surface area contributed by atoms with E-state index in [1.165, 1.54) is 13.3 Å². The average molecular weight is 416 g/mol. The number of nitrogens with zero attached hydrogens (tertiary/aromatic N) is 4. The number of aromatic amines is 1. The van der Waals surface area contributed by atoms with Crippen LogP contribution in [-0.2, 0) is 9.53 Å². The number of ether oxygens (including phenoxy) is 1. The van der Waals surface area contributed by atoms with Crippen LogP contribution in [-0.4, -0.2) is 43.7 Å². The van der Waals surface area contributed by atoms with E-state index in [0.29, 0.717) is 33.7 Å². The summed E-state index contributed by atoms with van der Waals surface area (Å²) in [5.41, 5.74) is 3.97. The Hall–Kier alpha value is -4.01. The quantitative estimate of drug-likeness (QED) is 0.483. The highest BCUT2D eigenvalue weighted by atomic mass is 16.5. The lowest BCUT2D eigenvalue weighted by atomic mass is 10.1. The first kappa shape index (κ1) is 19.0. The van der Waals surface area contributed by atoms with E-state index in [1.807, 2.05) is 37.4 Å². The van der Waals surface area contributed by atoms with Crippen LogP contribution in [0.1, 0.15) is 28.9 Å². The molecule has 0 atom stereocenters. The smallest absolute Gasteiger partial charge is 0.340 e. The SMILES string of the molecule is COC(=O)c1cnc(NC(=O)C2CC2)c2[nH]c(-c3cc(-n4ccc(C)n4)ccn3)cc12. The Morgan fingerprint density at radius 3 is 2.77 bits per heavy atom. The molecule has 1 amide bonds. The number of hydrogen-bond donors (Lipinski definition) is 2. The van der Waals surface area contributed by atoms with Crippen molar-refractivity contribution in [1.29, 1.82) is 0 Å². The predicted molar refractivity (Wildman–Crippen MR) is 114 cm³/mol. The Labute approximate surface area is 177 Å². The molecule has 0 bridgehead atoms. The van der Waals surface area contributed by atoms with Gasteiger partial charge in [-0.3, -0.25) is 9.78 Å². The van der Waals surface area contributed by atoms with E-state index in [0.717, 1.165) is 24.2 Å². The summed E-state index contributed by atoms with van der Waals surface area (Å²) in [6, 6.07) is 7.49. The highest BCUT2D eigenvalue weighted by Crippen LogP contribution is 2.33. The Morgan fingerprint density at radius 1 is 1.23 bits per heavy atom. The minimum atomic E-state index is -0.503. The van der Waals surface area contributed by atoms with Gasteiger partial charge in [-0.25, -0.2) is 14.5 Å². The van der Waals surface area contributed by atoms with Crippen molar-refractivity contribution in [1.82, 2.24) is 24.7 Å². The second-order valence-corrected chi connectivity index (χ2v) is 7.55. The van der Waals surface area contributed by atoms with Gasteiger partial charge >= 0.3 is 5.97 Å². The van der Waals surface area contributed by atoms with Gasteiger partial charge in [0.1, 0.15) is 0 Å². The fourth-order valence-electron chi connectivity index (χ4n) is 3.45. The van der Waals surface area contributed by atoms with E-state index >= 15 is 0 Å². The third-order valence-electron chi connectivity index (χ3n) is 5.27. The van der Waals surface area contributed by atoms with Crippen molar-refractivity contribution in [2.75, 3.05) is 12.4 Å². The lowest BCUT2D eigenvalue weighted by Gasteiger charge is -2.07. The molecule has 9 nitrogen and oxygen atoms in total. The topological polar surface area (TPSA) is 115 Å². The molecule has 4 heterocycles. The van der Waals surface area contributed by atoms with E-state index in [4.69, 9.17) is 4.74 Å². The van der Waals surface area contributed by atoms with Crippen LogP contribution in [0.25, 0.3) is 28.0 Å². The monoisotopic (exact) mass is 416 g/mol. The molecule has 31 heavy (non-hydrogen) atoms. The number of hydrogen-bond acceptors (Lipinski definition) is 6. The standard InChI is InChI=1S/C22H20N6O3/c1-12-6-8-28(27-12)14-5-7-23-17(9-14)18-10-15-16(22(30)31-2)11-24-20(19(15)25-18)26-21(29)13-3-4-13/h5-11,13,25H,3-4H2,1-2H3,(H,24,26,29). The van der Waals surface area contributed by atoms with Gasteiger partial charge in [0.2, 0.25) is 5.91 Å². The van der Waals surface area contributed by atoms with Crippen molar-refractivity contribution in [3.8, 4) is 17.1 Å². The molecule has 2 N–H and O–H groups in total. The number of fused-ring (bicyclic) bond motifs is 1. The lowest BCUT2D eigenvalue weighted by Crippen LogP contribution is -2.15. The van der Waals surface area contributed by atoms with Crippen LogP contribution in [0.15, 0.2) is 42.9 Å². The summed E-state index contributed by atoms with van der Waals surface area (Å²) in [7, 11) is 1.32. The van der Waals surface area contributed by atoms with Crippen LogP contribution in [0.4, 0.5) is 5.82 Å². The maximum absolute atomic E-state index is 12.3. The van der Waals surface area contributed by atoms with Crippen LogP contribution in [0.2, 0.25) is 0 Å². The number of nitrogens with one attached hydrogen (secondary N) is 2. The largest absolute Gasteiger partial charge is 0.465 e. The third kappa shape index (κ3) is 3.54. The minimum Gasteiger partial charge on any atom is -0.465 e. The number of aryl methyl sites for hydroxylation is 1. The molecule has 0 radical (unpaired) electrons. The lowest BCUT2D eigenvalue weighted by molar-refractivity contribution is -0.117. The highest BCUT2D eigenvalue weighted by Gasteiger charge is 2.30. The van der Waals surface area contributed by atoms with Gasteiger partial charge in [0.25, 0.3) is 0 Å². The summed E-state index contributed by atoms with van der Waals surface area (Å²) in [5.74, 6) is -0.158. The molecule has 0 spiro atoms. The second kappa shape index (κ2) is 7.35. The summed E-state index contributed by atoms with van der Waals surface area (Å²) in [6.07, 6.45) is 6.77. The first-order valence-electron chi connectivity index (χ1n) is 9.93. The Balaban J connectivity index is 1.61. The van der Waals surface area contributed by atoms with Crippen LogP contribution in [0.3, 0.4) is 0 Å². The van der Waals surface area contributed by atoms with E-state index in [1.54, 1.807) is 10.9 Å². The second-order valence-electron chi connectivity index (χ2n) is 7.55. The minimum absolute atomic E-state index is 0.0300. The van der Waals surface area contributed by atoms with Gasteiger partial charge in [0, 0.05) is 29.9 Å². The van der Waals surface area contributed by atoms with E-state index in [9.17, 15) is 9.59 Å². The number of esters is 1. The summed E-state index contributed by atoms with van der Waals surface area (Å²) in [5, 5.41) is 7.91. The van der Waals surface area contributed by atoms with Crippen LogP contribution < -0.4 is 5.32 Å². The maximum Gasteiger partial charge on any atom is 0.340 e. The average Bonchev–Trinajstić information content (AvgIpc) is 3.39. The number of aromatic nitrogens is 5. The summed E-state index contributed by atoms with van der Waals surface area (Å²) in [4.78, 5) is 36.6. The normalized spacial score (nSPS) is 13.4. The summed E-state index contributed by atoms with van der Waals surface area (Å²) in [6.45, 7) is 1.93. The number of carbonyl (C=O) groups is 2. The van der Waals surface area contributed by atoms with Crippen molar-refractivity contribution < 1.29 is 14.3 Å². The zero-order valence-corrected chi connectivity index (χ0v) is 17.0. The predicted octanol–water partition coefficient (Wildman–Crippen LogP) is 3.25. The van der Waals surface area contributed by atoms with Gasteiger partial charge in [0.05, 0.1) is 41.0 Å². The van der Waals surface area contributed by atoms with Crippen LogP contribution in [0.5, 0.6) is 0 Å². The molecule has 1 saturated carbocycles. The van der Waals surface area contributed by atoms with Gasteiger partial charge in [-0.05, 0) is 44.0 Å². The third-order valence-corrected chi connectivity index (χ3v) is 5.27. The molecule has 0 aliphatic heterocycles. The Morgan fingerprint density at radius 2 is 2.06 bits per heavy atom. The summed E-state index contributed by atoms with van der Waals surface area (Å²) >= 11 is 0. The Bertz CT molecular complexity index is 1320. The van der Waals surface area contributed by atoms with Crippen molar-refractivity contribution in [3.05, 3.63) is 54.1 Å². The molecule has 0 unspecified atom stereocenters. The Kier molecular flexibility index (Phi) is 4.50. The molecule has 1 fully saturated rings. The van der Waals surface area contributed by atoms with Gasteiger partial charge in [-0.2, -0.15) is 5.10 Å². The molecule has 0 saturated heterocycles. The molecule has 156 valence electrons. The van der Waals surface area contributed by atoms with Gasteiger partial charge in [-0.1, -0.05) is 0 Å². The van der Waals surface area contributed by atoms with E-state index < -0.39 is 5.97 Å². The van der Waals surface area contributed by atoms with Crippen LogP contribution >= 0.6 is 0 Å². The molecule has 4 aromatic rings. The van der Waals surface area contributed by atoms with Crippen molar-refractivity contribution in [2.45, 2.75) is 19.8 Å². The molecule has 9 heteroatoms. The van der Waals surface area contributed by atoms with Gasteiger partial charge in [0.15, 0.2) is 5.82 Å². The maximum atomic E-state index is 12.3. The highest BCUT2D eigenvalue weighted by molar-refractivity contribution is 6.09. The molecule has 5 rings (SSSR count). The van der Waals surface area contributed by atoms with Crippen molar-refractivity contribution >= 4 is 28.6 Å². The summed E-state index contributed by atoms with van der Waals surface area (Å²) < 4.78 is 6.67. The van der Waals surface area contributed by atoms with Crippen molar-refractivity contribution in [2.24, 2.45) is 5.92 Å². The van der Waals surface area contributed by atoms with E-state index in [-0.39, 0.29) is 11.8 Å². The number of anilines is 1. The fraction of sp³-hybridized carbons (Fsp3) is 0.227. The van der Waals surface area contributed by atoms with Gasteiger partial charge in [-0.15, -0.1) is 0 Å². The zero-order valence-electron chi connectivity index (χ0n) is 17.0. The zero-order chi connectivity index (χ0) is 21.5. The van der Waals surface area contributed by atoms with E-state index in [2.05, 4.69) is 25.4 Å². The number of amides is 1. The first-order valence-corrected chi connectivity index (χ1v) is 9.93. The number of pyridine rings is 2. The molecule has 1 aliphatic carbocycles.